The van der Waals surface area contributed by atoms with Crippen molar-refractivity contribution in [2.45, 2.75) is 6.92 Å². The van der Waals surface area contributed by atoms with Gasteiger partial charge in [0.15, 0.2) is 5.65 Å². The summed E-state index contributed by atoms with van der Waals surface area (Å²) in [5.41, 5.74) is 1.97. The smallest absolute Gasteiger partial charge is 0.341 e. The summed E-state index contributed by atoms with van der Waals surface area (Å²) in [5.74, 6) is -0.410. The Morgan fingerprint density at radius 2 is 2.36 bits per heavy atom. The van der Waals surface area contributed by atoms with Crippen molar-refractivity contribution < 1.29 is 9.53 Å². The average Bonchev–Trinajstić information content (AvgIpc) is 2.55. The van der Waals surface area contributed by atoms with Crippen LogP contribution in [0.15, 0.2) is 18.5 Å². The number of aryl methyl sites for hydroxylation is 1. The number of esters is 1. The largest absolute Gasteiger partial charge is 0.465 e. The van der Waals surface area contributed by atoms with Gasteiger partial charge in [0.2, 0.25) is 0 Å². The van der Waals surface area contributed by atoms with Gasteiger partial charge in [-0.05, 0) is 6.92 Å². The van der Waals surface area contributed by atoms with Gasteiger partial charge >= 0.3 is 5.97 Å². The Kier molecular flexibility index (Phi) is 1.92. The van der Waals surface area contributed by atoms with Crippen molar-refractivity contribution >= 4 is 11.6 Å². The second kappa shape index (κ2) is 3.10. The van der Waals surface area contributed by atoms with Crippen LogP contribution >= 0.6 is 0 Å². The van der Waals surface area contributed by atoms with E-state index in [1.807, 2.05) is 13.0 Å². The summed E-state index contributed by atoms with van der Waals surface area (Å²) in [4.78, 5) is 15.2. The van der Waals surface area contributed by atoms with Crippen molar-refractivity contribution in [3.63, 3.8) is 0 Å². The molecule has 2 aromatic rings. The summed E-state index contributed by atoms with van der Waals surface area (Å²) in [7, 11) is 1.33. The van der Waals surface area contributed by atoms with Crippen LogP contribution in [0.1, 0.15) is 16.1 Å². The molecule has 0 aliphatic carbocycles. The molecule has 0 fully saturated rings. The highest BCUT2D eigenvalue weighted by molar-refractivity contribution is 5.88. The molecule has 5 heteroatoms. The van der Waals surface area contributed by atoms with Gasteiger partial charge in [-0.1, -0.05) is 0 Å². The summed E-state index contributed by atoms with van der Waals surface area (Å²) in [6.45, 7) is 1.87. The van der Waals surface area contributed by atoms with E-state index in [1.54, 1.807) is 10.7 Å². The highest BCUT2D eigenvalue weighted by Crippen LogP contribution is 2.05. The number of fused-ring (bicyclic) bond motifs is 1. The molecule has 0 radical (unpaired) electrons. The van der Waals surface area contributed by atoms with E-state index in [0.29, 0.717) is 5.56 Å². The third-order valence-corrected chi connectivity index (χ3v) is 1.86. The highest BCUT2D eigenvalue weighted by Gasteiger charge is 2.07. The van der Waals surface area contributed by atoms with Crippen LogP contribution in [-0.4, -0.2) is 27.7 Å². The molecule has 0 amide bonds. The van der Waals surface area contributed by atoms with Crippen LogP contribution in [0.4, 0.5) is 0 Å². The second-order valence-corrected chi connectivity index (χ2v) is 2.92. The number of methoxy groups -OCH3 is 1. The standard InChI is InChI=1S/C9H9N3O2/c1-6-3-8-10-4-7(9(13)14-2)5-12(8)11-6/h3-5H,1-2H3. The van der Waals surface area contributed by atoms with Gasteiger partial charge in [-0.3, -0.25) is 0 Å². The molecule has 5 nitrogen and oxygen atoms in total. The third-order valence-electron chi connectivity index (χ3n) is 1.86. The first-order valence-corrected chi connectivity index (χ1v) is 4.11. The molecule has 0 spiro atoms. The van der Waals surface area contributed by atoms with Gasteiger partial charge < -0.3 is 4.74 Å². The summed E-state index contributed by atoms with van der Waals surface area (Å²) in [6, 6.07) is 1.83. The predicted octanol–water partition coefficient (Wildman–Crippen LogP) is 0.824. The van der Waals surface area contributed by atoms with E-state index in [4.69, 9.17) is 0 Å². The Balaban J connectivity index is 2.55. The molecule has 0 N–H and O–H groups in total. The predicted molar refractivity (Wildman–Crippen MR) is 49.1 cm³/mol. The van der Waals surface area contributed by atoms with Gasteiger partial charge in [0.05, 0.1) is 18.4 Å². The lowest BCUT2D eigenvalue weighted by Gasteiger charge is -1.98. The number of rotatable bonds is 1. The minimum absolute atomic E-state index is 0.392. The van der Waals surface area contributed by atoms with E-state index >= 15 is 0 Å². The van der Waals surface area contributed by atoms with E-state index in [1.165, 1.54) is 13.3 Å². The summed E-state index contributed by atoms with van der Waals surface area (Å²) >= 11 is 0. The van der Waals surface area contributed by atoms with E-state index in [2.05, 4.69) is 14.8 Å². The fraction of sp³-hybridized carbons (Fsp3) is 0.222. The Hall–Kier alpha value is -1.91. The van der Waals surface area contributed by atoms with Crippen molar-refractivity contribution in [1.29, 1.82) is 0 Å². The molecule has 0 bridgehead atoms. The quantitative estimate of drug-likeness (QED) is 0.626. The summed E-state index contributed by atoms with van der Waals surface area (Å²) in [5, 5.41) is 4.14. The number of ether oxygens (including phenoxy) is 1. The summed E-state index contributed by atoms with van der Waals surface area (Å²) < 4.78 is 6.13. The molecule has 0 aliphatic rings. The molecule has 0 saturated heterocycles. The number of aromatic nitrogens is 3. The zero-order valence-corrected chi connectivity index (χ0v) is 7.89. The van der Waals surface area contributed by atoms with Gasteiger partial charge in [-0.2, -0.15) is 5.10 Å². The zero-order chi connectivity index (χ0) is 10.1. The van der Waals surface area contributed by atoms with Gasteiger partial charge in [-0.15, -0.1) is 0 Å². The first-order chi connectivity index (χ1) is 6.70. The minimum Gasteiger partial charge on any atom is -0.465 e. The van der Waals surface area contributed by atoms with E-state index in [9.17, 15) is 4.79 Å². The maximum absolute atomic E-state index is 11.2. The number of hydrogen-bond acceptors (Lipinski definition) is 4. The lowest BCUT2D eigenvalue weighted by Crippen LogP contribution is -2.04. The molecule has 0 saturated carbocycles. The fourth-order valence-corrected chi connectivity index (χ4v) is 1.22. The molecule has 2 heterocycles. The first kappa shape index (κ1) is 8.68. The van der Waals surface area contributed by atoms with Gasteiger partial charge in [-0.25, -0.2) is 14.3 Å². The Morgan fingerprint density at radius 1 is 1.57 bits per heavy atom. The van der Waals surface area contributed by atoms with Crippen molar-refractivity contribution in [2.75, 3.05) is 7.11 Å². The Bertz CT molecular complexity index is 490. The number of hydrogen-bond donors (Lipinski definition) is 0. The molecule has 0 aromatic carbocycles. The SMILES string of the molecule is COC(=O)c1cnc2cc(C)nn2c1. The lowest BCUT2D eigenvalue weighted by molar-refractivity contribution is 0.0599. The van der Waals surface area contributed by atoms with Crippen LogP contribution in [0, 0.1) is 6.92 Å². The molecular formula is C9H9N3O2. The van der Waals surface area contributed by atoms with Crippen LogP contribution < -0.4 is 0 Å². The van der Waals surface area contributed by atoms with Crippen LogP contribution in [0.3, 0.4) is 0 Å². The molecule has 2 rings (SSSR count). The molecule has 0 unspecified atom stereocenters. The number of nitrogens with zero attached hydrogens (tertiary/aromatic N) is 3. The van der Waals surface area contributed by atoms with Crippen molar-refractivity contribution in [3.05, 3.63) is 29.7 Å². The summed E-state index contributed by atoms with van der Waals surface area (Å²) in [6.07, 6.45) is 3.07. The van der Waals surface area contributed by atoms with Crippen molar-refractivity contribution in [3.8, 4) is 0 Å². The Labute approximate surface area is 80.3 Å². The molecule has 0 atom stereocenters. The van der Waals surface area contributed by atoms with Crippen molar-refractivity contribution in [1.82, 2.24) is 14.6 Å². The molecule has 14 heavy (non-hydrogen) atoms. The zero-order valence-electron chi connectivity index (χ0n) is 7.89. The van der Waals surface area contributed by atoms with E-state index in [0.717, 1.165) is 11.3 Å². The Morgan fingerprint density at radius 3 is 3.07 bits per heavy atom. The highest BCUT2D eigenvalue weighted by atomic mass is 16.5. The minimum atomic E-state index is -0.410. The van der Waals surface area contributed by atoms with Gasteiger partial charge in [0, 0.05) is 18.5 Å². The van der Waals surface area contributed by atoms with E-state index < -0.39 is 5.97 Å². The lowest BCUT2D eigenvalue weighted by atomic mass is 10.3. The van der Waals surface area contributed by atoms with Crippen LogP contribution in [0.2, 0.25) is 0 Å². The second-order valence-electron chi connectivity index (χ2n) is 2.92. The normalized spacial score (nSPS) is 10.4. The topological polar surface area (TPSA) is 56.5 Å². The first-order valence-electron chi connectivity index (χ1n) is 4.11. The maximum atomic E-state index is 11.2. The van der Waals surface area contributed by atoms with Crippen molar-refractivity contribution in [2.24, 2.45) is 0 Å². The molecule has 0 aliphatic heterocycles. The number of carbonyl (C=O) groups is 1. The number of carbonyl (C=O) groups excluding carboxylic acids is 1. The maximum Gasteiger partial charge on any atom is 0.341 e. The third kappa shape index (κ3) is 1.32. The monoisotopic (exact) mass is 191 g/mol. The van der Waals surface area contributed by atoms with Crippen LogP contribution in [-0.2, 0) is 4.74 Å². The molecular weight excluding hydrogens is 182 g/mol. The van der Waals surface area contributed by atoms with Gasteiger partial charge in [0.25, 0.3) is 0 Å². The van der Waals surface area contributed by atoms with Gasteiger partial charge in [0.1, 0.15) is 0 Å². The molecule has 2 aromatic heterocycles. The van der Waals surface area contributed by atoms with Crippen LogP contribution in [0.25, 0.3) is 5.65 Å². The fourth-order valence-electron chi connectivity index (χ4n) is 1.22. The van der Waals surface area contributed by atoms with Crippen LogP contribution in [0.5, 0.6) is 0 Å². The molecule has 72 valence electrons. The van der Waals surface area contributed by atoms with E-state index in [-0.39, 0.29) is 0 Å². The average molecular weight is 191 g/mol.